The first-order valence-electron chi connectivity index (χ1n) is 4.74. The van der Waals surface area contributed by atoms with E-state index in [1.54, 1.807) is 12.1 Å². The fourth-order valence-electron chi connectivity index (χ4n) is 1.30. The number of nitrogens with two attached hydrogens (primary N) is 1. The molecule has 0 fully saturated rings. The van der Waals surface area contributed by atoms with Crippen LogP contribution < -0.4 is 10.5 Å². The van der Waals surface area contributed by atoms with E-state index in [9.17, 15) is 4.79 Å². The summed E-state index contributed by atoms with van der Waals surface area (Å²) in [5, 5.41) is 6.14. The van der Waals surface area contributed by atoms with E-state index in [-0.39, 0.29) is 11.4 Å². The molecule has 0 aliphatic heterocycles. The van der Waals surface area contributed by atoms with Crippen molar-refractivity contribution in [2.75, 3.05) is 5.73 Å². The van der Waals surface area contributed by atoms with Gasteiger partial charge in [-0.05, 0) is 24.6 Å². The first-order chi connectivity index (χ1) is 7.66. The third kappa shape index (κ3) is 2.03. The Morgan fingerprint density at radius 3 is 2.94 bits per heavy atom. The van der Waals surface area contributed by atoms with Crippen molar-refractivity contribution < 1.29 is 9.53 Å². The molecular formula is C11H11N3O2. The van der Waals surface area contributed by atoms with Gasteiger partial charge in [-0.2, -0.15) is 5.10 Å². The normalized spacial score (nSPS) is 10.1. The fourth-order valence-corrected chi connectivity index (χ4v) is 1.30. The summed E-state index contributed by atoms with van der Waals surface area (Å²) < 4.78 is 5.13. The standard InChI is InChI=1S/C11H11N3O2/c1-7-3-2-4-8(5-7)16-11(15)10-9(12)6-13-14-10/h2-6H,12H2,1H3,(H,13,14). The molecule has 1 aromatic carbocycles. The van der Waals surface area contributed by atoms with E-state index < -0.39 is 5.97 Å². The molecule has 0 unspecified atom stereocenters. The number of hydrogen-bond donors (Lipinski definition) is 2. The SMILES string of the molecule is Cc1cccc(OC(=O)c2[nH]ncc2N)c1. The molecule has 0 saturated carbocycles. The average molecular weight is 217 g/mol. The number of aromatic nitrogens is 2. The molecule has 5 nitrogen and oxygen atoms in total. The number of carbonyl (C=O) groups is 1. The lowest BCUT2D eigenvalue weighted by atomic mass is 10.2. The molecule has 0 spiro atoms. The highest BCUT2D eigenvalue weighted by Gasteiger charge is 2.13. The van der Waals surface area contributed by atoms with Crippen molar-refractivity contribution in [1.29, 1.82) is 0 Å². The number of nitrogen functional groups attached to an aromatic ring is 1. The van der Waals surface area contributed by atoms with Crippen LogP contribution in [0.4, 0.5) is 5.69 Å². The van der Waals surface area contributed by atoms with Gasteiger partial charge in [-0.1, -0.05) is 12.1 Å². The number of hydrogen-bond acceptors (Lipinski definition) is 4. The van der Waals surface area contributed by atoms with Gasteiger partial charge in [-0.25, -0.2) is 4.79 Å². The molecule has 0 bridgehead atoms. The summed E-state index contributed by atoms with van der Waals surface area (Å²) in [7, 11) is 0. The molecule has 16 heavy (non-hydrogen) atoms. The van der Waals surface area contributed by atoms with E-state index in [1.807, 2.05) is 19.1 Å². The Bertz CT molecular complexity index is 519. The van der Waals surface area contributed by atoms with Crippen LogP contribution in [0.3, 0.4) is 0 Å². The molecule has 82 valence electrons. The minimum atomic E-state index is -0.541. The average Bonchev–Trinajstić information content (AvgIpc) is 2.64. The zero-order chi connectivity index (χ0) is 11.5. The molecule has 0 atom stereocenters. The number of anilines is 1. The van der Waals surface area contributed by atoms with Gasteiger partial charge < -0.3 is 10.5 Å². The van der Waals surface area contributed by atoms with Gasteiger partial charge in [0.1, 0.15) is 5.75 Å². The summed E-state index contributed by atoms with van der Waals surface area (Å²) in [6.07, 6.45) is 1.37. The molecular weight excluding hydrogens is 206 g/mol. The van der Waals surface area contributed by atoms with E-state index in [0.717, 1.165) is 5.56 Å². The molecule has 0 amide bonds. The van der Waals surface area contributed by atoms with Crippen molar-refractivity contribution in [2.45, 2.75) is 6.92 Å². The Labute approximate surface area is 92.2 Å². The summed E-state index contributed by atoms with van der Waals surface area (Å²) in [6, 6.07) is 7.21. The smallest absolute Gasteiger partial charge is 0.363 e. The summed E-state index contributed by atoms with van der Waals surface area (Å²) in [4.78, 5) is 11.6. The lowest BCUT2D eigenvalue weighted by Gasteiger charge is -2.03. The van der Waals surface area contributed by atoms with E-state index in [4.69, 9.17) is 10.5 Å². The molecule has 2 rings (SSSR count). The van der Waals surface area contributed by atoms with Crippen molar-refractivity contribution in [3.05, 3.63) is 41.7 Å². The van der Waals surface area contributed by atoms with Crippen molar-refractivity contribution in [3.8, 4) is 5.75 Å². The third-order valence-electron chi connectivity index (χ3n) is 2.07. The minimum Gasteiger partial charge on any atom is -0.422 e. The molecule has 0 radical (unpaired) electrons. The van der Waals surface area contributed by atoms with E-state index in [0.29, 0.717) is 5.75 Å². The maximum Gasteiger partial charge on any atom is 0.363 e. The number of nitrogens with zero attached hydrogens (tertiary/aromatic N) is 1. The Kier molecular flexibility index (Phi) is 2.59. The molecule has 0 aliphatic rings. The van der Waals surface area contributed by atoms with Gasteiger partial charge in [-0.3, -0.25) is 5.10 Å². The van der Waals surface area contributed by atoms with Crippen LogP contribution in [0.5, 0.6) is 5.75 Å². The Hall–Kier alpha value is -2.30. The number of H-pyrrole nitrogens is 1. The first-order valence-corrected chi connectivity index (χ1v) is 4.74. The Morgan fingerprint density at radius 1 is 1.50 bits per heavy atom. The van der Waals surface area contributed by atoms with Crippen molar-refractivity contribution in [1.82, 2.24) is 10.2 Å². The molecule has 0 saturated heterocycles. The molecule has 2 aromatic rings. The number of aromatic amines is 1. The van der Waals surface area contributed by atoms with Crippen LogP contribution in [0.15, 0.2) is 30.5 Å². The predicted octanol–water partition coefficient (Wildman–Crippen LogP) is 1.52. The van der Waals surface area contributed by atoms with Gasteiger partial charge in [0, 0.05) is 0 Å². The van der Waals surface area contributed by atoms with Crippen LogP contribution in [-0.4, -0.2) is 16.2 Å². The number of carbonyl (C=O) groups excluding carboxylic acids is 1. The van der Waals surface area contributed by atoms with Gasteiger partial charge >= 0.3 is 5.97 Å². The summed E-state index contributed by atoms with van der Waals surface area (Å²) >= 11 is 0. The highest BCUT2D eigenvalue weighted by molar-refractivity contribution is 5.94. The minimum absolute atomic E-state index is 0.168. The quantitative estimate of drug-likeness (QED) is 0.590. The second-order valence-electron chi connectivity index (χ2n) is 3.41. The van der Waals surface area contributed by atoms with Crippen LogP contribution in [-0.2, 0) is 0 Å². The van der Waals surface area contributed by atoms with Crippen molar-refractivity contribution in [3.63, 3.8) is 0 Å². The lowest BCUT2D eigenvalue weighted by Crippen LogP contribution is -2.11. The van der Waals surface area contributed by atoms with Gasteiger partial charge in [0.05, 0.1) is 11.9 Å². The fraction of sp³-hybridized carbons (Fsp3) is 0.0909. The van der Waals surface area contributed by atoms with Crippen molar-refractivity contribution in [2.24, 2.45) is 0 Å². The van der Waals surface area contributed by atoms with E-state index in [1.165, 1.54) is 6.20 Å². The number of rotatable bonds is 2. The number of aryl methyl sites for hydroxylation is 1. The first kappa shape index (κ1) is 10.2. The molecule has 3 N–H and O–H groups in total. The monoisotopic (exact) mass is 217 g/mol. The number of benzene rings is 1. The molecule has 5 heteroatoms. The van der Waals surface area contributed by atoms with Gasteiger partial charge in [-0.15, -0.1) is 0 Å². The molecule has 1 aromatic heterocycles. The van der Waals surface area contributed by atoms with Crippen LogP contribution in [0.2, 0.25) is 0 Å². The molecule has 1 heterocycles. The van der Waals surface area contributed by atoms with E-state index in [2.05, 4.69) is 10.2 Å². The van der Waals surface area contributed by atoms with Crippen molar-refractivity contribution >= 4 is 11.7 Å². The van der Waals surface area contributed by atoms with Crippen LogP contribution >= 0.6 is 0 Å². The third-order valence-corrected chi connectivity index (χ3v) is 2.07. The second kappa shape index (κ2) is 4.06. The second-order valence-corrected chi connectivity index (χ2v) is 3.41. The van der Waals surface area contributed by atoms with Gasteiger partial charge in [0.25, 0.3) is 0 Å². The predicted molar refractivity (Wildman–Crippen MR) is 59.1 cm³/mol. The molecule has 0 aliphatic carbocycles. The summed E-state index contributed by atoms with van der Waals surface area (Å²) in [5.41, 5.74) is 6.99. The number of esters is 1. The Morgan fingerprint density at radius 2 is 2.31 bits per heavy atom. The van der Waals surface area contributed by atoms with Gasteiger partial charge in [0.2, 0.25) is 0 Å². The largest absolute Gasteiger partial charge is 0.422 e. The number of nitrogens with one attached hydrogen (secondary N) is 1. The van der Waals surface area contributed by atoms with E-state index >= 15 is 0 Å². The van der Waals surface area contributed by atoms with Crippen LogP contribution in [0.1, 0.15) is 16.1 Å². The Balaban J connectivity index is 2.17. The highest BCUT2D eigenvalue weighted by Crippen LogP contribution is 2.15. The van der Waals surface area contributed by atoms with Crippen LogP contribution in [0, 0.1) is 6.92 Å². The van der Waals surface area contributed by atoms with Gasteiger partial charge in [0.15, 0.2) is 5.69 Å². The highest BCUT2D eigenvalue weighted by atomic mass is 16.5. The lowest BCUT2D eigenvalue weighted by molar-refractivity contribution is 0.0729. The maximum atomic E-state index is 11.6. The maximum absolute atomic E-state index is 11.6. The zero-order valence-electron chi connectivity index (χ0n) is 8.73. The summed E-state index contributed by atoms with van der Waals surface area (Å²) in [6.45, 7) is 1.92. The summed E-state index contributed by atoms with van der Waals surface area (Å²) in [5.74, 6) is -0.0559. The number of ether oxygens (including phenoxy) is 1. The topological polar surface area (TPSA) is 81.0 Å². The van der Waals surface area contributed by atoms with Crippen LogP contribution in [0.25, 0.3) is 0 Å². The zero-order valence-corrected chi connectivity index (χ0v) is 8.73.